The number of hydrogen-bond donors (Lipinski definition) is 0. The highest BCUT2D eigenvalue weighted by molar-refractivity contribution is 5.78. The molecular weight excluding hydrogens is 270 g/mol. The molecule has 0 fully saturated rings. The second-order valence-corrected chi connectivity index (χ2v) is 5.05. The predicted molar refractivity (Wildman–Crippen MR) is 80.2 cm³/mol. The van der Waals surface area contributed by atoms with Crippen LogP contribution in [0.25, 0.3) is 0 Å². The molecule has 0 atom stereocenters. The fraction of sp³-hybridized carbons (Fsp3) is 0.286. The Balaban J connectivity index is 2.16. The minimum atomic E-state index is -0.411. The van der Waals surface area contributed by atoms with E-state index in [1.165, 1.54) is 11.9 Å². The molecule has 0 saturated heterocycles. The summed E-state index contributed by atoms with van der Waals surface area (Å²) in [6.07, 6.45) is 2.23. The molecule has 0 amide bonds. The number of hydrogen-bond acceptors (Lipinski definition) is 6. The van der Waals surface area contributed by atoms with Crippen LogP contribution in [0.2, 0.25) is 0 Å². The molecular formula is C14H15N5O2. The summed E-state index contributed by atoms with van der Waals surface area (Å²) in [5, 5.41) is 11.5. The molecule has 0 spiro atoms. The quantitative estimate of drug-likeness (QED) is 0.635. The van der Waals surface area contributed by atoms with Gasteiger partial charge in [0, 0.05) is 26.3 Å². The van der Waals surface area contributed by atoms with Crippen LogP contribution in [0.4, 0.5) is 23.0 Å². The molecule has 0 unspecified atom stereocenters. The number of nitro groups is 1. The van der Waals surface area contributed by atoms with Crippen LogP contribution >= 0.6 is 0 Å². The molecule has 0 bridgehead atoms. The lowest BCUT2D eigenvalue weighted by atomic mass is 10.2. The molecule has 7 heteroatoms. The number of rotatable bonds is 3. The van der Waals surface area contributed by atoms with Crippen LogP contribution in [-0.4, -0.2) is 35.5 Å². The Hall–Kier alpha value is -2.70. The molecule has 1 aliphatic heterocycles. The molecule has 0 N–H and O–H groups in total. The van der Waals surface area contributed by atoms with Gasteiger partial charge in [-0.1, -0.05) is 18.2 Å². The third-order valence-electron chi connectivity index (χ3n) is 3.53. The maximum absolute atomic E-state index is 11.5. The summed E-state index contributed by atoms with van der Waals surface area (Å²) in [5.74, 6) is 0.665. The first-order valence-electron chi connectivity index (χ1n) is 6.61. The van der Waals surface area contributed by atoms with E-state index in [1.54, 1.807) is 19.0 Å². The van der Waals surface area contributed by atoms with Crippen LogP contribution in [0, 0.1) is 10.1 Å². The summed E-state index contributed by atoms with van der Waals surface area (Å²) in [6.45, 7) is 0.685. The highest BCUT2D eigenvalue weighted by Crippen LogP contribution is 2.40. The number of para-hydroxylation sites is 1. The van der Waals surface area contributed by atoms with Gasteiger partial charge in [0.05, 0.1) is 4.92 Å². The Bertz CT molecular complexity index is 702. The Morgan fingerprint density at radius 3 is 2.76 bits per heavy atom. The minimum Gasteiger partial charge on any atom is -0.357 e. The van der Waals surface area contributed by atoms with Crippen LogP contribution in [0.1, 0.15) is 5.56 Å². The van der Waals surface area contributed by atoms with Crippen molar-refractivity contribution in [2.45, 2.75) is 6.42 Å². The van der Waals surface area contributed by atoms with Crippen molar-refractivity contribution in [1.29, 1.82) is 0 Å². The van der Waals surface area contributed by atoms with E-state index in [2.05, 4.69) is 9.97 Å². The topological polar surface area (TPSA) is 75.4 Å². The Morgan fingerprint density at radius 1 is 1.29 bits per heavy atom. The second kappa shape index (κ2) is 5.01. The van der Waals surface area contributed by atoms with E-state index in [9.17, 15) is 10.1 Å². The number of benzene rings is 1. The predicted octanol–water partition coefficient (Wildman–Crippen LogP) is 2.14. The molecule has 108 valence electrons. The molecule has 1 aliphatic rings. The molecule has 0 radical (unpaired) electrons. The van der Waals surface area contributed by atoms with E-state index < -0.39 is 4.92 Å². The Labute approximate surface area is 122 Å². The number of nitrogens with zero attached hydrogens (tertiary/aromatic N) is 5. The fourth-order valence-corrected chi connectivity index (χ4v) is 2.61. The van der Waals surface area contributed by atoms with Crippen molar-refractivity contribution in [3.8, 4) is 0 Å². The van der Waals surface area contributed by atoms with Crippen molar-refractivity contribution >= 4 is 23.0 Å². The summed E-state index contributed by atoms with van der Waals surface area (Å²) < 4.78 is 0. The first-order valence-corrected chi connectivity index (χ1v) is 6.61. The molecule has 0 saturated carbocycles. The molecule has 21 heavy (non-hydrogen) atoms. The SMILES string of the molecule is CN(C)c1ncnc(N2CCc3ccccc32)c1[N+](=O)[O-]. The van der Waals surface area contributed by atoms with Gasteiger partial charge in [0.25, 0.3) is 0 Å². The summed E-state index contributed by atoms with van der Waals surface area (Å²) in [7, 11) is 3.47. The first kappa shape index (κ1) is 13.3. The van der Waals surface area contributed by atoms with Crippen molar-refractivity contribution in [1.82, 2.24) is 9.97 Å². The zero-order valence-corrected chi connectivity index (χ0v) is 11.9. The molecule has 7 nitrogen and oxygen atoms in total. The van der Waals surface area contributed by atoms with E-state index in [1.807, 2.05) is 29.2 Å². The molecule has 3 rings (SSSR count). The molecule has 0 aliphatic carbocycles. The van der Waals surface area contributed by atoms with Crippen LogP contribution in [-0.2, 0) is 6.42 Å². The normalized spacial score (nSPS) is 13.1. The van der Waals surface area contributed by atoms with Crippen molar-refractivity contribution in [3.63, 3.8) is 0 Å². The lowest BCUT2D eigenvalue weighted by molar-refractivity contribution is -0.383. The van der Waals surface area contributed by atoms with Gasteiger partial charge in [0.2, 0.25) is 11.6 Å². The van der Waals surface area contributed by atoms with Gasteiger partial charge >= 0.3 is 5.69 Å². The maximum Gasteiger partial charge on any atom is 0.353 e. The average molecular weight is 285 g/mol. The third kappa shape index (κ3) is 2.16. The Kier molecular flexibility index (Phi) is 3.17. The van der Waals surface area contributed by atoms with E-state index >= 15 is 0 Å². The molecule has 1 aromatic heterocycles. The highest BCUT2D eigenvalue weighted by Gasteiger charge is 2.31. The standard InChI is InChI=1S/C14H15N5O2/c1-17(2)13-12(19(20)21)14(16-9-15-13)18-8-7-10-5-3-4-6-11(10)18/h3-6,9H,7-8H2,1-2H3. The summed E-state index contributed by atoms with van der Waals surface area (Å²) in [6, 6.07) is 7.90. The number of anilines is 3. The van der Waals surface area contributed by atoms with Gasteiger partial charge in [0.1, 0.15) is 6.33 Å². The summed E-state index contributed by atoms with van der Waals surface area (Å²) >= 11 is 0. The third-order valence-corrected chi connectivity index (χ3v) is 3.53. The zero-order valence-electron chi connectivity index (χ0n) is 11.9. The highest BCUT2D eigenvalue weighted by atomic mass is 16.6. The van der Waals surface area contributed by atoms with Gasteiger partial charge in [-0.05, 0) is 18.1 Å². The maximum atomic E-state index is 11.5. The number of aromatic nitrogens is 2. The Morgan fingerprint density at radius 2 is 2.05 bits per heavy atom. The summed E-state index contributed by atoms with van der Waals surface area (Å²) in [4.78, 5) is 22.8. The largest absolute Gasteiger partial charge is 0.357 e. The van der Waals surface area contributed by atoms with Crippen molar-refractivity contribution in [2.24, 2.45) is 0 Å². The van der Waals surface area contributed by atoms with Gasteiger partial charge in [-0.2, -0.15) is 0 Å². The van der Waals surface area contributed by atoms with Crippen LogP contribution in [0.15, 0.2) is 30.6 Å². The van der Waals surface area contributed by atoms with Crippen LogP contribution in [0.3, 0.4) is 0 Å². The van der Waals surface area contributed by atoms with E-state index in [0.29, 0.717) is 18.2 Å². The van der Waals surface area contributed by atoms with Gasteiger partial charge in [0.15, 0.2) is 0 Å². The zero-order chi connectivity index (χ0) is 15.0. The average Bonchev–Trinajstić information content (AvgIpc) is 2.90. The smallest absolute Gasteiger partial charge is 0.353 e. The van der Waals surface area contributed by atoms with E-state index in [0.717, 1.165) is 12.1 Å². The van der Waals surface area contributed by atoms with Crippen LogP contribution in [0.5, 0.6) is 0 Å². The fourth-order valence-electron chi connectivity index (χ4n) is 2.61. The van der Waals surface area contributed by atoms with Gasteiger partial charge < -0.3 is 9.80 Å². The van der Waals surface area contributed by atoms with E-state index in [4.69, 9.17) is 0 Å². The lowest BCUT2D eigenvalue weighted by Gasteiger charge is -2.20. The second-order valence-electron chi connectivity index (χ2n) is 5.05. The molecule has 2 aromatic rings. The van der Waals surface area contributed by atoms with Gasteiger partial charge in [-0.15, -0.1) is 0 Å². The van der Waals surface area contributed by atoms with Gasteiger partial charge in [-0.25, -0.2) is 9.97 Å². The van der Waals surface area contributed by atoms with Crippen molar-refractivity contribution < 1.29 is 4.92 Å². The minimum absolute atomic E-state index is 0.0563. The molecule has 1 aromatic carbocycles. The molecule has 2 heterocycles. The number of fused-ring (bicyclic) bond motifs is 1. The summed E-state index contributed by atoms with van der Waals surface area (Å²) in [5.41, 5.74) is 2.10. The van der Waals surface area contributed by atoms with E-state index in [-0.39, 0.29) is 5.69 Å². The first-order chi connectivity index (χ1) is 10.1. The van der Waals surface area contributed by atoms with Crippen molar-refractivity contribution in [2.75, 3.05) is 30.4 Å². The van der Waals surface area contributed by atoms with Crippen molar-refractivity contribution in [3.05, 3.63) is 46.3 Å². The lowest BCUT2D eigenvalue weighted by Crippen LogP contribution is -2.20. The van der Waals surface area contributed by atoms with Gasteiger partial charge in [-0.3, -0.25) is 10.1 Å². The monoisotopic (exact) mass is 285 g/mol. The van der Waals surface area contributed by atoms with Crippen LogP contribution < -0.4 is 9.80 Å².